The number of hydrogen-bond acceptors (Lipinski definition) is 2. The van der Waals surface area contributed by atoms with Crippen LogP contribution in [0.1, 0.15) is 52.0 Å². The van der Waals surface area contributed by atoms with Gasteiger partial charge in [0, 0.05) is 32.0 Å². The topological polar surface area (TPSA) is 49.4 Å². The van der Waals surface area contributed by atoms with Crippen LogP contribution in [0.2, 0.25) is 0 Å². The molecule has 4 nitrogen and oxygen atoms in total. The Labute approximate surface area is 156 Å². The zero-order chi connectivity index (χ0) is 19.3. The first-order valence-electron chi connectivity index (χ1n) is 9.58. The molecule has 1 aliphatic rings. The van der Waals surface area contributed by atoms with Gasteiger partial charge in [-0.05, 0) is 36.0 Å². The smallest absolute Gasteiger partial charge is 0.225 e. The Kier molecular flexibility index (Phi) is 7.18. The molecule has 1 aromatic carbocycles. The van der Waals surface area contributed by atoms with Gasteiger partial charge >= 0.3 is 0 Å². The Morgan fingerprint density at radius 2 is 1.92 bits per heavy atom. The van der Waals surface area contributed by atoms with Crippen molar-refractivity contribution in [2.45, 2.75) is 46.5 Å². The van der Waals surface area contributed by atoms with Gasteiger partial charge < -0.3 is 10.2 Å². The summed E-state index contributed by atoms with van der Waals surface area (Å²) in [4.78, 5) is 27.0. The Morgan fingerprint density at radius 3 is 2.54 bits per heavy atom. The second-order valence-corrected chi connectivity index (χ2v) is 8.14. The fourth-order valence-corrected chi connectivity index (χ4v) is 3.44. The highest BCUT2D eigenvalue weighted by atomic mass is 19.1. The van der Waals surface area contributed by atoms with Gasteiger partial charge in [0.05, 0.1) is 5.92 Å². The molecule has 1 aromatic rings. The van der Waals surface area contributed by atoms with Crippen LogP contribution in [-0.4, -0.2) is 36.3 Å². The van der Waals surface area contributed by atoms with Gasteiger partial charge in [-0.25, -0.2) is 4.39 Å². The lowest BCUT2D eigenvalue weighted by molar-refractivity contribution is -0.131. The van der Waals surface area contributed by atoms with E-state index in [4.69, 9.17) is 0 Å². The third kappa shape index (κ3) is 5.55. The highest BCUT2D eigenvalue weighted by molar-refractivity contribution is 5.83. The van der Waals surface area contributed by atoms with Crippen molar-refractivity contribution < 1.29 is 14.0 Å². The molecule has 0 aliphatic carbocycles. The number of hydrogen-bond donors (Lipinski definition) is 1. The van der Waals surface area contributed by atoms with Gasteiger partial charge in [0.25, 0.3) is 0 Å². The molecule has 1 N–H and O–H groups in total. The molecule has 2 amide bonds. The van der Waals surface area contributed by atoms with E-state index in [9.17, 15) is 14.0 Å². The van der Waals surface area contributed by atoms with Crippen molar-refractivity contribution in [3.8, 4) is 0 Å². The lowest BCUT2D eigenvalue weighted by Crippen LogP contribution is -2.36. The molecular formula is C21H31FN2O2. The molecule has 2 atom stereocenters. The average molecular weight is 362 g/mol. The van der Waals surface area contributed by atoms with Crippen molar-refractivity contribution in [2.24, 2.45) is 17.8 Å². The monoisotopic (exact) mass is 362 g/mol. The van der Waals surface area contributed by atoms with Crippen LogP contribution >= 0.6 is 0 Å². The number of nitrogens with one attached hydrogen (secondary N) is 1. The first-order chi connectivity index (χ1) is 12.3. The number of rotatable bonds is 7. The molecule has 0 radical (unpaired) electrons. The molecule has 144 valence electrons. The van der Waals surface area contributed by atoms with Crippen LogP contribution in [0.5, 0.6) is 0 Å². The quantitative estimate of drug-likeness (QED) is 0.806. The van der Waals surface area contributed by atoms with Gasteiger partial charge in [0.1, 0.15) is 5.82 Å². The standard InChI is InChI=1S/C21H31FN2O2/c1-14(2)8-9-23-21(26)19-13-24(20(25)10-15(3)4)12-18(19)16-6-5-7-17(22)11-16/h5-7,11,14-15,18-19H,8-10,12-13H2,1-4H3,(H,23,26)/t18-,19-/m1/s1. The molecule has 5 heteroatoms. The maximum Gasteiger partial charge on any atom is 0.225 e. The largest absolute Gasteiger partial charge is 0.356 e. The van der Waals surface area contributed by atoms with Gasteiger partial charge in [-0.3, -0.25) is 9.59 Å². The minimum absolute atomic E-state index is 0.0419. The van der Waals surface area contributed by atoms with Gasteiger partial charge in [-0.15, -0.1) is 0 Å². The molecular weight excluding hydrogens is 331 g/mol. The molecule has 0 saturated carbocycles. The van der Waals surface area contributed by atoms with Crippen molar-refractivity contribution in [1.82, 2.24) is 10.2 Å². The van der Waals surface area contributed by atoms with E-state index in [0.29, 0.717) is 32.0 Å². The third-order valence-corrected chi connectivity index (χ3v) is 4.89. The Bertz CT molecular complexity index is 630. The maximum absolute atomic E-state index is 13.7. The van der Waals surface area contributed by atoms with Gasteiger partial charge in [-0.1, -0.05) is 39.8 Å². The predicted molar refractivity (Wildman–Crippen MR) is 101 cm³/mol. The normalized spacial score (nSPS) is 20.0. The number of halogens is 1. The first-order valence-corrected chi connectivity index (χ1v) is 9.58. The summed E-state index contributed by atoms with van der Waals surface area (Å²) < 4.78 is 13.7. The van der Waals surface area contributed by atoms with E-state index < -0.39 is 0 Å². The highest BCUT2D eigenvalue weighted by Gasteiger charge is 2.40. The molecule has 1 aliphatic heterocycles. The summed E-state index contributed by atoms with van der Waals surface area (Å²) in [5, 5.41) is 3.00. The molecule has 0 bridgehead atoms. The molecule has 1 heterocycles. The number of carbonyl (C=O) groups is 2. The number of carbonyl (C=O) groups excluding carboxylic acids is 2. The lowest BCUT2D eigenvalue weighted by atomic mass is 9.88. The van der Waals surface area contributed by atoms with Crippen LogP contribution in [0.25, 0.3) is 0 Å². The van der Waals surface area contributed by atoms with E-state index in [2.05, 4.69) is 19.2 Å². The molecule has 1 fully saturated rings. The van der Waals surface area contributed by atoms with Gasteiger partial charge in [0.2, 0.25) is 11.8 Å². The zero-order valence-corrected chi connectivity index (χ0v) is 16.3. The summed E-state index contributed by atoms with van der Waals surface area (Å²) in [5.74, 6) is 0.00375. The predicted octanol–water partition coefficient (Wildman–Crippen LogP) is 3.58. The molecule has 0 spiro atoms. The summed E-state index contributed by atoms with van der Waals surface area (Å²) in [7, 11) is 0. The van der Waals surface area contributed by atoms with Crippen molar-refractivity contribution in [3.05, 3.63) is 35.6 Å². The van der Waals surface area contributed by atoms with Crippen molar-refractivity contribution in [2.75, 3.05) is 19.6 Å². The Hall–Kier alpha value is -1.91. The van der Waals surface area contributed by atoms with Crippen LogP contribution in [0, 0.1) is 23.6 Å². The minimum atomic E-state index is -0.333. The summed E-state index contributed by atoms with van der Waals surface area (Å²) in [6.07, 6.45) is 1.39. The first kappa shape index (κ1) is 20.4. The summed E-state index contributed by atoms with van der Waals surface area (Å²) >= 11 is 0. The second-order valence-electron chi connectivity index (χ2n) is 8.14. The summed E-state index contributed by atoms with van der Waals surface area (Å²) in [6, 6.07) is 6.39. The second kappa shape index (κ2) is 9.15. The molecule has 26 heavy (non-hydrogen) atoms. The number of amides is 2. The zero-order valence-electron chi connectivity index (χ0n) is 16.3. The molecule has 2 rings (SSSR count). The number of nitrogens with zero attached hydrogens (tertiary/aromatic N) is 1. The van der Waals surface area contributed by atoms with Crippen LogP contribution in [0.15, 0.2) is 24.3 Å². The Balaban J connectivity index is 2.14. The summed E-state index contributed by atoms with van der Waals surface area (Å²) in [6.45, 7) is 9.75. The van der Waals surface area contributed by atoms with Crippen LogP contribution in [0.3, 0.4) is 0 Å². The molecule has 1 saturated heterocycles. The SMILES string of the molecule is CC(C)CCNC(=O)[C@@H]1CN(C(=O)CC(C)C)C[C@@H]1c1cccc(F)c1. The van der Waals surface area contributed by atoms with Crippen LogP contribution in [0.4, 0.5) is 4.39 Å². The average Bonchev–Trinajstić information content (AvgIpc) is 2.99. The number of likely N-dealkylation sites (tertiary alicyclic amines) is 1. The fourth-order valence-electron chi connectivity index (χ4n) is 3.44. The van der Waals surface area contributed by atoms with E-state index in [0.717, 1.165) is 12.0 Å². The van der Waals surface area contributed by atoms with E-state index in [1.54, 1.807) is 11.0 Å². The minimum Gasteiger partial charge on any atom is -0.356 e. The lowest BCUT2D eigenvalue weighted by Gasteiger charge is -2.18. The Morgan fingerprint density at radius 1 is 1.19 bits per heavy atom. The summed E-state index contributed by atoms with van der Waals surface area (Å²) in [5.41, 5.74) is 0.786. The van der Waals surface area contributed by atoms with E-state index >= 15 is 0 Å². The molecule has 0 unspecified atom stereocenters. The number of benzene rings is 1. The third-order valence-electron chi connectivity index (χ3n) is 4.89. The van der Waals surface area contributed by atoms with E-state index in [1.165, 1.54) is 12.1 Å². The van der Waals surface area contributed by atoms with Crippen molar-refractivity contribution in [3.63, 3.8) is 0 Å². The van der Waals surface area contributed by atoms with E-state index in [1.807, 2.05) is 19.9 Å². The highest BCUT2D eigenvalue weighted by Crippen LogP contribution is 2.34. The van der Waals surface area contributed by atoms with Gasteiger partial charge in [-0.2, -0.15) is 0 Å². The van der Waals surface area contributed by atoms with Crippen LogP contribution in [-0.2, 0) is 9.59 Å². The van der Waals surface area contributed by atoms with Crippen LogP contribution < -0.4 is 5.32 Å². The fraction of sp³-hybridized carbons (Fsp3) is 0.619. The van der Waals surface area contributed by atoms with E-state index in [-0.39, 0.29) is 35.4 Å². The van der Waals surface area contributed by atoms with Crippen molar-refractivity contribution >= 4 is 11.8 Å². The van der Waals surface area contributed by atoms with Crippen molar-refractivity contribution in [1.29, 1.82) is 0 Å². The molecule has 0 aromatic heterocycles. The van der Waals surface area contributed by atoms with Gasteiger partial charge in [0.15, 0.2) is 0 Å². The maximum atomic E-state index is 13.7.